The Morgan fingerprint density at radius 3 is 2.17 bits per heavy atom. The van der Waals surface area contributed by atoms with Gasteiger partial charge in [-0.1, -0.05) is 0 Å². The van der Waals surface area contributed by atoms with Crippen LogP contribution in [0.1, 0.15) is 34.6 Å². The number of hydrogen-bond donors (Lipinski definition) is 0. The standard InChI is InChI=1S/C26H22FNO6S/c1-3-33-21-12-7-17(8-13-21)25(29)24-16-28(20-10-5-18(6-11-20)26(30)34-4-2)22-15-19(27)9-14-23(22)35(24,31)32/h5-16H,3-4H2,1-2H3. The van der Waals surface area contributed by atoms with Gasteiger partial charge in [-0.15, -0.1) is 0 Å². The number of anilines is 2. The molecular weight excluding hydrogens is 473 g/mol. The third kappa shape index (κ3) is 4.67. The van der Waals surface area contributed by atoms with Gasteiger partial charge in [0.25, 0.3) is 0 Å². The molecule has 0 saturated heterocycles. The molecule has 0 aliphatic carbocycles. The van der Waals surface area contributed by atoms with Gasteiger partial charge in [0.1, 0.15) is 16.5 Å². The van der Waals surface area contributed by atoms with Crippen molar-refractivity contribution in [1.29, 1.82) is 0 Å². The van der Waals surface area contributed by atoms with Crippen molar-refractivity contribution in [3.05, 3.63) is 94.8 Å². The summed E-state index contributed by atoms with van der Waals surface area (Å²) in [5, 5.41) is 0. The molecule has 3 aromatic carbocycles. The monoisotopic (exact) mass is 495 g/mol. The van der Waals surface area contributed by atoms with Gasteiger partial charge in [-0.25, -0.2) is 17.6 Å². The molecule has 0 fully saturated rings. The van der Waals surface area contributed by atoms with E-state index in [-0.39, 0.29) is 22.8 Å². The minimum Gasteiger partial charge on any atom is -0.494 e. The largest absolute Gasteiger partial charge is 0.494 e. The van der Waals surface area contributed by atoms with E-state index < -0.39 is 32.3 Å². The van der Waals surface area contributed by atoms with Gasteiger partial charge in [0.2, 0.25) is 15.6 Å². The molecule has 7 nitrogen and oxygen atoms in total. The van der Waals surface area contributed by atoms with E-state index in [0.29, 0.717) is 23.6 Å². The van der Waals surface area contributed by atoms with Crippen LogP contribution in [0.25, 0.3) is 0 Å². The highest BCUT2D eigenvalue weighted by Crippen LogP contribution is 2.41. The Morgan fingerprint density at radius 2 is 1.54 bits per heavy atom. The summed E-state index contributed by atoms with van der Waals surface area (Å²) in [6.45, 7) is 4.19. The van der Waals surface area contributed by atoms with E-state index in [0.717, 1.165) is 18.2 Å². The van der Waals surface area contributed by atoms with E-state index >= 15 is 0 Å². The fourth-order valence-corrected chi connectivity index (χ4v) is 5.18. The molecule has 0 spiro atoms. The van der Waals surface area contributed by atoms with Gasteiger partial charge in [0.15, 0.2) is 0 Å². The van der Waals surface area contributed by atoms with Crippen molar-refractivity contribution in [3.63, 3.8) is 0 Å². The number of carbonyl (C=O) groups is 2. The highest BCUT2D eigenvalue weighted by molar-refractivity contribution is 7.96. The lowest BCUT2D eigenvalue weighted by Crippen LogP contribution is -2.26. The van der Waals surface area contributed by atoms with Crippen LogP contribution in [0.15, 0.2) is 82.7 Å². The van der Waals surface area contributed by atoms with Crippen LogP contribution in [-0.2, 0) is 14.6 Å². The number of hydrogen-bond acceptors (Lipinski definition) is 7. The number of benzene rings is 3. The van der Waals surface area contributed by atoms with Crippen molar-refractivity contribution in [3.8, 4) is 5.75 Å². The summed E-state index contributed by atoms with van der Waals surface area (Å²) in [7, 11) is -4.24. The zero-order chi connectivity index (χ0) is 25.2. The highest BCUT2D eigenvalue weighted by Gasteiger charge is 2.36. The van der Waals surface area contributed by atoms with Crippen molar-refractivity contribution >= 4 is 33.0 Å². The van der Waals surface area contributed by atoms with Crippen LogP contribution in [0.3, 0.4) is 0 Å². The number of fused-ring (bicyclic) bond motifs is 1. The number of Topliss-reactive ketones (excluding diaryl/α,β-unsaturated/α-hetero) is 1. The van der Waals surface area contributed by atoms with Crippen LogP contribution in [0.2, 0.25) is 0 Å². The van der Waals surface area contributed by atoms with Crippen LogP contribution >= 0.6 is 0 Å². The Bertz CT molecular complexity index is 1410. The third-order valence-corrected chi connectivity index (χ3v) is 7.11. The van der Waals surface area contributed by atoms with Gasteiger partial charge < -0.3 is 14.4 Å². The van der Waals surface area contributed by atoms with Gasteiger partial charge in [0, 0.05) is 17.5 Å². The van der Waals surface area contributed by atoms with Gasteiger partial charge in [-0.05, 0) is 80.6 Å². The Hall–Kier alpha value is -3.98. The van der Waals surface area contributed by atoms with Crippen LogP contribution < -0.4 is 9.64 Å². The number of sulfone groups is 1. The highest BCUT2D eigenvalue weighted by atomic mass is 32.2. The van der Waals surface area contributed by atoms with Gasteiger partial charge in [-0.3, -0.25) is 4.79 Å². The average Bonchev–Trinajstić information content (AvgIpc) is 2.84. The molecule has 0 atom stereocenters. The normalized spacial score (nSPS) is 14.0. The molecular formula is C26H22FNO6S. The average molecular weight is 496 g/mol. The molecule has 0 aromatic heterocycles. The molecule has 35 heavy (non-hydrogen) atoms. The minimum absolute atomic E-state index is 0.0529. The molecule has 0 unspecified atom stereocenters. The van der Waals surface area contributed by atoms with Crippen LogP contribution in [0, 0.1) is 5.82 Å². The van der Waals surface area contributed by atoms with E-state index in [1.165, 1.54) is 35.4 Å². The number of allylic oxidation sites excluding steroid dienone is 1. The quantitative estimate of drug-likeness (QED) is 0.257. The SMILES string of the molecule is CCOC(=O)c1ccc(N2C=C(C(=O)c3ccc(OCC)cc3)S(=O)(=O)c3ccc(F)cc32)cc1. The first kappa shape index (κ1) is 24.2. The number of ether oxygens (including phenoxy) is 2. The lowest BCUT2D eigenvalue weighted by Gasteiger charge is -2.29. The summed E-state index contributed by atoms with van der Waals surface area (Å²) in [4.78, 5) is 26.0. The third-order valence-electron chi connectivity index (χ3n) is 5.31. The van der Waals surface area contributed by atoms with Crippen molar-refractivity contribution < 1.29 is 31.9 Å². The smallest absolute Gasteiger partial charge is 0.338 e. The number of esters is 1. The van der Waals surface area contributed by atoms with Gasteiger partial charge in [0.05, 0.1) is 29.4 Å². The predicted octanol–water partition coefficient (Wildman–Crippen LogP) is 5.05. The summed E-state index contributed by atoms with van der Waals surface area (Å²) < 4.78 is 51.2. The second kappa shape index (κ2) is 9.71. The molecule has 4 rings (SSSR count). The molecule has 0 radical (unpaired) electrons. The van der Waals surface area contributed by atoms with Crippen molar-refractivity contribution in [1.82, 2.24) is 0 Å². The van der Waals surface area contributed by atoms with Gasteiger partial charge in [-0.2, -0.15) is 0 Å². The first-order valence-electron chi connectivity index (χ1n) is 10.9. The first-order chi connectivity index (χ1) is 16.8. The number of halogens is 1. The maximum absolute atomic E-state index is 14.1. The lowest BCUT2D eigenvalue weighted by molar-refractivity contribution is 0.0526. The van der Waals surface area contributed by atoms with Crippen molar-refractivity contribution in [2.24, 2.45) is 0 Å². The molecule has 1 aliphatic heterocycles. The van der Waals surface area contributed by atoms with E-state index in [1.54, 1.807) is 31.2 Å². The van der Waals surface area contributed by atoms with Crippen LogP contribution in [0.4, 0.5) is 15.8 Å². The summed E-state index contributed by atoms with van der Waals surface area (Å²) in [5.74, 6) is -1.31. The molecule has 3 aromatic rings. The Balaban J connectivity index is 1.80. The van der Waals surface area contributed by atoms with Crippen LogP contribution in [-0.4, -0.2) is 33.4 Å². The van der Waals surface area contributed by atoms with E-state index in [9.17, 15) is 22.4 Å². The molecule has 1 aliphatic rings. The number of nitrogens with zero attached hydrogens (tertiary/aromatic N) is 1. The summed E-state index contributed by atoms with van der Waals surface area (Å²) in [6.07, 6.45) is 1.18. The molecule has 0 N–H and O–H groups in total. The molecule has 9 heteroatoms. The Morgan fingerprint density at radius 1 is 0.886 bits per heavy atom. The summed E-state index contributed by atoms with van der Waals surface area (Å²) in [5.41, 5.74) is 0.940. The zero-order valence-corrected chi connectivity index (χ0v) is 19.8. The number of carbonyl (C=O) groups excluding carboxylic acids is 2. The van der Waals surface area contributed by atoms with Gasteiger partial charge >= 0.3 is 5.97 Å². The fourth-order valence-electron chi connectivity index (χ4n) is 3.66. The summed E-state index contributed by atoms with van der Waals surface area (Å²) >= 11 is 0. The van der Waals surface area contributed by atoms with Crippen molar-refractivity contribution in [2.45, 2.75) is 18.7 Å². The topological polar surface area (TPSA) is 90.0 Å². The first-order valence-corrected chi connectivity index (χ1v) is 12.3. The predicted molar refractivity (Wildman–Crippen MR) is 128 cm³/mol. The molecule has 0 bridgehead atoms. The maximum atomic E-state index is 14.1. The summed E-state index contributed by atoms with van der Waals surface area (Å²) in [6, 6.07) is 15.5. The minimum atomic E-state index is -4.24. The lowest BCUT2D eigenvalue weighted by atomic mass is 10.1. The number of ketones is 1. The van der Waals surface area contributed by atoms with E-state index in [1.807, 2.05) is 6.92 Å². The Kier molecular flexibility index (Phi) is 6.70. The molecule has 0 saturated carbocycles. The Labute approximate surface area is 202 Å². The molecule has 0 amide bonds. The molecule has 180 valence electrons. The maximum Gasteiger partial charge on any atom is 0.338 e. The second-order valence-corrected chi connectivity index (χ2v) is 9.42. The van der Waals surface area contributed by atoms with E-state index in [4.69, 9.17) is 9.47 Å². The number of rotatable bonds is 7. The van der Waals surface area contributed by atoms with Crippen molar-refractivity contribution in [2.75, 3.05) is 18.1 Å². The second-order valence-electron chi connectivity index (χ2n) is 7.53. The fraction of sp³-hybridized carbons (Fsp3) is 0.154. The zero-order valence-electron chi connectivity index (χ0n) is 19.0. The molecule has 1 heterocycles. The van der Waals surface area contributed by atoms with Crippen LogP contribution in [0.5, 0.6) is 5.75 Å². The van der Waals surface area contributed by atoms with E-state index in [2.05, 4.69) is 0 Å².